The van der Waals surface area contributed by atoms with Crippen LogP contribution in [0.25, 0.3) is 10.4 Å². The smallest absolute Gasteiger partial charge is 0.410 e. The van der Waals surface area contributed by atoms with Crippen LogP contribution < -0.4 is 0 Å². The molecule has 1 rings (SSSR count). The molecule has 0 saturated carbocycles. The van der Waals surface area contributed by atoms with E-state index in [9.17, 15) is 9.90 Å². The Morgan fingerprint density at radius 1 is 1.50 bits per heavy atom. The van der Waals surface area contributed by atoms with Crippen molar-refractivity contribution in [2.45, 2.75) is 45.4 Å². The first-order valence-electron chi connectivity index (χ1n) is 5.95. The van der Waals surface area contributed by atoms with E-state index < -0.39 is 23.8 Å². The van der Waals surface area contributed by atoms with Gasteiger partial charge in [0, 0.05) is 11.5 Å². The lowest BCUT2D eigenvalue weighted by Gasteiger charge is -2.38. The molecule has 18 heavy (non-hydrogen) atoms. The quantitative estimate of drug-likeness (QED) is 0.440. The molecule has 7 heteroatoms. The van der Waals surface area contributed by atoms with Gasteiger partial charge in [-0.2, -0.15) is 0 Å². The highest BCUT2D eigenvalue weighted by Crippen LogP contribution is 2.22. The van der Waals surface area contributed by atoms with E-state index in [1.807, 2.05) is 0 Å². The molecule has 0 aromatic heterocycles. The van der Waals surface area contributed by atoms with Crippen LogP contribution in [0.2, 0.25) is 0 Å². The zero-order chi connectivity index (χ0) is 13.9. The predicted molar refractivity (Wildman–Crippen MR) is 65.9 cm³/mol. The molecular formula is C11H20N4O3. The molecule has 0 radical (unpaired) electrons. The van der Waals surface area contributed by atoms with Crippen molar-refractivity contribution < 1.29 is 14.6 Å². The number of carbonyl (C=O) groups is 1. The predicted octanol–water partition coefficient (Wildman–Crippen LogP) is 1.91. The second-order valence-electron chi connectivity index (χ2n) is 5.58. The number of aliphatic hydroxyl groups excluding tert-OH is 1. The van der Waals surface area contributed by atoms with Gasteiger partial charge in [0.15, 0.2) is 0 Å². The summed E-state index contributed by atoms with van der Waals surface area (Å²) in [6.45, 7) is 7.61. The van der Waals surface area contributed by atoms with E-state index in [1.165, 1.54) is 4.90 Å². The number of β-amino-alcohol motifs (C(OH)–C–C–N with tert-alkyl or cyclic N) is 1. The highest BCUT2D eigenvalue weighted by atomic mass is 16.6. The summed E-state index contributed by atoms with van der Waals surface area (Å²) >= 11 is 0. The molecule has 1 fully saturated rings. The van der Waals surface area contributed by atoms with Crippen molar-refractivity contribution in [3.05, 3.63) is 10.4 Å². The topological polar surface area (TPSA) is 98.5 Å². The standard InChI is InChI=1S/C11H20N4O3/c1-7-8(13-14-12)5-15(6-9(7)16)10(17)18-11(2,3)4/h7-9,16H,5-6H2,1-4H3/t7-,8?,9+/m0/s1. The average Bonchev–Trinajstić information content (AvgIpc) is 2.22. The molecule has 7 nitrogen and oxygen atoms in total. The van der Waals surface area contributed by atoms with Crippen LogP contribution in [0.1, 0.15) is 27.7 Å². The third-order valence-electron chi connectivity index (χ3n) is 2.88. The minimum absolute atomic E-state index is 0.167. The van der Waals surface area contributed by atoms with E-state index in [-0.39, 0.29) is 19.0 Å². The molecule has 0 aromatic carbocycles. The normalized spacial score (nSPS) is 28.5. The summed E-state index contributed by atoms with van der Waals surface area (Å²) in [6, 6.07) is -0.425. The van der Waals surface area contributed by atoms with Crippen LogP contribution in [0.4, 0.5) is 4.79 Å². The Kier molecular flexibility index (Phi) is 4.43. The average molecular weight is 256 g/mol. The fourth-order valence-electron chi connectivity index (χ4n) is 1.80. The number of rotatable bonds is 1. The Morgan fingerprint density at radius 2 is 2.11 bits per heavy atom. The number of carbonyl (C=O) groups excluding carboxylic acids is 1. The highest BCUT2D eigenvalue weighted by Gasteiger charge is 2.36. The van der Waals surface area contributed by atoms with Crippen LogP contribution in [0.15, 0.2) is 5.11 Å². The molecule has 102 valence electrons. The van der Waals surface area contributed by atoms with Crippen molar-refractivity contribution in [2.75, 3.05) is 13.1 Å². The van der Waals surface area contributed by atoms with Gasteiger partial charge in [0.25, 0.3) is 0 Å². The van der Waals surface area contributed by atoms with Gasteiger partial charge in [-0.3, -0.25) is 0 Å². The molecule has 0 aromatic rings. The molecule has 0 bridgehead atoms. The zero-order valence-corrected chi connectivity index (χ0v) is 11.2. The Morgan fingerprint density at radius 3 is 2.61 bits per heavy atom. The minimum atomic E-state index is -0.707. The summed E-state index contributed by atoms with van der Waals surface area (Å²) in [7, 11) is 0. The maximum absolute atomic E-state index is 11.9. The van der Waals surface area contributed by atoms with Gasteiger partial charge in [-0.05, 0) is 32.2 Å². The molecule has 1 saturated heterocycles. The van der Waals surface area contributed by atoms with E-state index >= 15 is 0 Å². The number of hydrogen-bond acceptors (Lipinski definition) is 4. The summed E-state index contributed by atoms with van der Waals surface area (Å²) in [5.74, 6) is -0.167. The van der Waals surface area contributed by atoms with Crippen molar-refractivity contribution in [3.8, 4) is 0 Å². The third-order valence-corrected chi connectivity index (χ3v) is 2.88. The van der Waals surface area contributed by atoms with E-state index in [1.54, 1.807) is 27.7 Å². The van der Waals surface area contributed by atoms with E-state index in [2.05, 4.69) is 10.0 Å². The molecule has 1 amide bonds. The van der Waals surface area contributed by atoms with Crippen molar-refractivity contribution in [3.63, 3.8) is 0 Å². The van der Waals surface area contributed by atoms with Crippen LogP contribution in [-0.2, 0) is 4.74 Å². The molecule has 3 atom stereocenters. The maximum Gasteiger partial charge on any atom is 0.410 e. The first kappa shape index (κ1) is 14.6. The molecule has 1 unspecified atom stereocenters. The molecule has 0 spiro atoms. The summed E-state index contributed by atoms with van der Waals surface area (Å²) in [4.78, 5) is 16.0. The minimum Gasteiger partial charge on any atom is -0.444 e. The monoisotopic (exact) mass is 256 g/mol. The maximum atomic E-state index is 11.9. The molecule has 1 N–H and O–H groups in total. The van der Waals surface area contributed by atoms with Crippen LogP contribution in [-0.4, -0.2) is 46.9 Å². The number of piperidine rings is 1. The molecule has 0 aliphatic carbocycles. The van der Waals surface area contributed by atoms with Crippen molar-refractivity contribution >= 4 is 6.09 Å². The molecule has 1 aliphatic rings. The Labute approximate surface area is 106 Å². The van der Waals surface area contributed by atoms with Crippen molar-refractivity contribution in [1.82, 2.24) is 4.90 Å². The number of nitrogens with zero attached hydrogens (tertiary/aromatic N) is 4. The van der Waals surface area contributed by atoms with Gasteiger partial charge in [0.2, 0.25) is 0 Å². The number of ether oxygens (including phenoxy) is 1. The van der Waals surface area contributed by atoms with Gasteiger partial charge >= 0.3 is 6.09 Å². The number of likely N-dealkylation sites (tertiary alicyclic amines) is 1. The van der Waals surface area contributed by atoms with E-state index in [0.717, 1.165) is 0 Å². The first-order chi connectivity index (χ1) is 8.24. The molecule has 1 aliphatic heterocycles. The van der Waals surface area contributed by atoms with Gasteiger partial charge in [0.1, 0.15) is 5.60 Å². The lowest BCUT2D eigenvalue weighted by Crippen LogP contribution is -2.53. The zero-order valence-electron chi connectivity index (χ0n) is 11.2. The summed E-state index contributed by atoms with van der Waals surface area (Å²) < 4.78 is 5.23. The second kappa shape index (κ2) is 5.46. The van der Waals surface area contributed by atoms with Crippen molar-refractivity contribution in [2.24, 2.45) is 11.0 Å². The Hall–Kier alpha value is -1.46. The van der Waals surface area contributed by atoms with Crippen LogP contribution >= 0.6 is 0 Å². The first-order valence-corrected chi connectivity index (χ1v) is 5.95. The lowest BCUT2D eigenvalue weighted by molar-refractivity contribution is -0.0153. The number of amides is 1. The molecule has 1 heterocycles. The SMILES string of the molecule is C[C@H]1C(N=[N+]=[N-])CN(C(=O)OC(C)(C)C)C[C@H]1O. The number of hydrogen-bond donors (Lipinski definition) is 1. The largest absolute Gasteiger partial charge is 0.444 e. The number of aliphatic hydroxyl groups is 1. The fraction of sp³-hybridized carbons (Fsp3) is 0.909. The molecular weight excluding hydrogens is 236 g/mol. The second-order valence-corrected chi connectivity index (χ2v) is 5.58. The number of azide groups is 1. The van der Waals surface area contributed by atoms with Crippen molar-refractivity contribution in [1.29, 1.82) is 0 Å². The summed E-state index contributed by atoms with van der Waals surface area (Å²) in [5.41, 5.74) is 7.89. The third kappa shape index (κ3) is 3.78. The van der Waals surface area contributed by atoms with Gasteiger partial charge in [-0.1, -0.05) is 12.0 Å². The highest BCUT2D eigenvalue weighted by molar-refractivity contribution is 5.68. The van der Waals surface area contributed by atoms with E-state index in [0.29, 0.717) is 0 Å². The van der Waals surface area contributed by atoms with Crippen LogP contribution in [0.5, 0.6) is 0 Å². The fourth-order valence-corrected chi connectivity index (χ4v) is 1.80. The Bertz CT molecular complexity index is 360. The summed E-state index contributed by atoms with van der Waals surface area (Å²) in [5, 5.41) is 13.5. The van der Waals surface area contributed by atoms with Crippen LogP contribution in [0, 0.1) is 5.92 Å². The van der Waals surface area contributed by atoms with Gasteiger partial charge in [0.05, 0.1) is 18.7 Å². The van der Waals surface area contributed by atoms with Gasteiger partial charge in [-0.25, -0.2) is 4.79 Å². The van der Waals surface area contributed by atoms with E-state index in [4.69, 9.17) is 10.3 Å². The van der Waals surface area contributed by atoms with Crippen LogP contribution in [0.3, 0.4) is 0 Å². The lowest BCUT2D eigenvalue weighted by atomic mass is 9.92. The van der Waals surface area contributed by atoms with Gasteiger partial charge < -0.3 is 14.7 Å². The summed E-state index contributed by atoms with van der Waals surface area (Å²) in [6.07, 6.45) is -1.20. The van der Waals surface area contributed by atoms with Gasteiger partial charge in [-0.15, -0.1) is 0 Å². The Balaban J connectivity index is 2.73.